The molecule has 0 aliphatic rings. The minimum Gasteiger partial charge on any atom is -0.447 e. The first-order valence-electron chi connectivity index (χ1n) is 8.24. The number of rotatable bonds is 7. The number of hydrogen-bond acceptors (Lipinski definition) is 5. The van der Waals surface area contributed by atoms with Crippen molar-refractivity contribution in [1.82, 2.24) is 4.98 Å². The van der Waals surface area contributed by atoms with Gasteiger partial charge in [0.2, 0.25) is 18.5 Å². The van der Waals surface area contributed by atoms with E-state index in [0.29, 0.717) is 18.0 Å². The highest BCUT2D eigenvalue weighted by molar-refractivity contribution is 5.75. The minimum atomic E-state index is -1.19. The molecule has 26 heavy (non-hydrogen) atoms. The van der Waals surface area contributed by atoms with E-state index in [-0.39, 0.29) is 0 Å². The number of aliphatic hydroxyl groups is 1. The van der Waals surface area contributed by atoms with E-state index in [0.717, 1.165) is 16.7 Å². The number of hydrogen-bond donors (Lipinski definition) is 2. The summed E-state index contributed by atoms with van der Waals surface area (Å²) < 4.78 is 5.69. The first-order valence-corrected chi connectivity index (χ1v) is 8.24. The first-order chi connectivity index (χ1) is 12.7. The second-order valence-corrected chi connectivity index (χ2v) is 5.83. The van der Waals surface area contributed by atoms with Crippen molar-refractivity contribution in [2.45, 2.75) is 18.8 Å². The summed E-state index contributed by atoms with van der Waals surface area (Å²) in [7, 11) is 0. The normalized spacial score (nSPS) is 13.0. The van der Waals surface area contributed by atoms with Gasteiger partial charge in [-0.3, -0.25) is 4.79 Å². The monoisotopic (exact) mass is 347 g/mol. The molecule has 1 heterocycles. The van der Waals surface area contributed by atoms with E-state index in [1.54, 1.807) is 36.5 Å². The zero-order chi connectivity index (χ0) is 18.4. The van der Waals surface area contributed by atoms with Crippen LogP contribution in [0.5, 0.6) is 5.88 Å². The summed E-state index contributed by atoms with van der Waals surface area (Å²) in [6.07, 6.45) is 2.27. The Morgan fingerprint density at radius 3 is 2.54 bits per heavy atom. The van der Waals surface area contributed by atoms with Crippen molar-refractivity contribution < 1.29 is 14.6 Å². The van der Waals surface area contributed by atoms with Gasteiger partial charge in [0.05, 0.1) is 5.92 Å². The molecule has 0 saturated carbocycles. The van der Waals surface area contributed by atoms with Crippen molar-refractivity contribution in [3.8, 4) is 5.88 Å². The Hall–Kier alpha value is -3.02. The van der Waals surface area contributed by atoms with Gasteiger partial charge in [0.15, 0.2) is 0 Å². The second-order valence-electron chi connectivity index (χ2n) is 5.83. The van der Waals surface area contributed by atoms with Gasteiger partial charge >= 0.3 is 0 Å². The summed E-state index contributed by atoms with van der Waals surface area (Å²) >= 11 is 0. The van der Waals surface area contributed by atoms with Gasteiger partial charge in [-0.15, -0.1) is 0 Å². The summed E-state index contributed by atoms with van der Waals surface area (Å²) in [4.78, 5) is 15.1. The molecule has 5 heteroatoms. The number of pyridine rings is 1. The standard InChI is InChI=1S/C21H19N2O3/c22-13-15-9-10-23-19(12-15)26-21(25)20(17-6-2-1-3-7-17)18-8-4-5-16(11-18)14-24/h1-12,20-21,25H,13,22H2/t20-,21-/m1/s1. The van der Waals surface area contributed by atoms with Crippen molar-refractivity contribution in [3.05, 3.63) is 95.2 Å². The first kappa shape index (κ1) is 17.8. The van der Waals surface area contributed by atoms with Gasteiger partial charge in [-0.25, -0.2) is 4.98 Å². The van der Waals surface area contributed by atoms with Gasteiger partial charge in [-0.2, -0.15) is 0 Å². The SMILES string of the molecule is NCc1ccnc(O[C@@H](O)[C@H](c2ccccc2)c2cccc([C]=O)c2)c1. The molecule has 0 unspecified atom stereocenters. The average molecular weight is 347 g/mol. The van der Waals surface area contributed by atoms with Gasteiger partial charge in [0, 0.05) is 24.4 Å². The van der Waals surface area contributed by atoms with Crippen LogP contribution in [-0.2, 0) is 11.3 Å². The predicted octanol–water partition coefficient (Wildman–Crippen LogP) is 2.53. The Kier molecular flexibility index (Phi) is 5.73. The fourth-order valence-corrected chi connectivity index (χ4v) is 2.81. The van der Waals surface area contributed by atoms with Gasteiger partial charge in [-0.05, 0) is 28.8 Å². The molecule has 0 spiro atoms. The Morgan fingerprint density at radius 1 is 1.04 bits per heavy atom. The lowest BCUT2D eigenvalue weighted by Gasteiger charge is -2.24. The molecule has 1 aromatic heterocycles. The Morgan fingerprint density at radius 2 is 1.81 bits per heavy atom. The van der Waals surface area contributed by atoms with Gasteiger partial charge < -0.3 is 15.6 Å². The molecule has 2 atom stereocenters. The van der Waals surface area contributed by atoms with Crippen LogP contribution in [0.25, 0.3) is 0 Å². The average Bonchev–Trinajstić information content (AvgIpc) is 2.69. The quantitative estimate of drug-likeness (QED) is 0.642. The predicted molar refractivity (Wildman–Crippen MR) is 98.3 cm³/mol. The molecule has 131 valence electrons. The molecule has 3 aromatic rings. The highest BCUT2D eigenvalue weighted by Crippen LogP contribution is 2.30. The van der Waals surface area contributed by atoms with Crippen molar-refractivity contribution in [2.24, 2.45) is 5.73 Å². The van der Waals surface area contributed by atoms with Crippen molar-refractivity contribution >= 4 is 6.29 Å². The maximum absolute atomic E-state index is 11.0. The fraction of sp³-hybridized carbons (Fsp3) is 0.143. The van der Waals surface area contributed by atoms with Crippen LogP contribution < -0.4 is 10.5 Å². The lowest BCUT2D eigenvalue weighted by Crippen LogP contribution is -2.26. The van der Waals surface area contributed by atoms with Crippen LogP contribution in [-0.4, -0.2) is 22.7 Å². The molecular formula is C21H19N2O3. The van der Waals surface area contributed by atoms with E-state index >= 15 is 0 Å². The largest absolute Gasteiger partial charge is 0.447 e. The van der Waals surface area contributed by atoms with E-state index < -0.39 is 12.2 Å². The van der Waals surface area contributed by atoms with Crippen molar-refractivity contribution in [2.75, 3.05) is 0 Å². The third kappa shape index (κ3) is 4.14. The highest BCUT2D eigenvalue weighted by atomic mass is 16.6. The lowest BCUT2D eigenvalue weighted by molar-refractivity contribution is -0.0322. The molecule has 0 fully saturated rings. The maximum Gasteiger partial charge on any atom is 0.233 e. The van der Waals surface area contributed by atoms with Crippen LogP contribution in [0.3, 0.4) is 0 Å². The van der Waals surface area contributed by atoms with E-state index in [1.807, 2.05) is 42.7 Å². The van der Waals surface area contributed by atoms with Crippen LogP contribution in [0.15, 0.2) is 72.9 Å². The van der Waals surface area contributed by atoms with E-state index in [2.05, 4.69) is 4.98 Å². The van der Waals surface area contributed by atoms with Gasteiger partial charge in [0.1, 0.15) is 0 Å². The molecule has 0 saturated heterocycles. The maximum atomic E-state index is 11.0. The molecule has 0 bridgehead atoms. The summed E-state index contributed by atoms with van der Waals surface area (Å²) in [5, 5.41) is 10.8. The van der Waals surface area contributed by atoms with Gasteiger partial charge in [0.25, 0.3) is 0 Å². The van der Waals surface area contributed by atoms with Crippen LogP contribution in [0.1, 0.15) is 28.2 Å². The van der Waals surface area contributed by atoms with E-state index in [4.69, 9.17) is 10.5 Å². The third-order valence-electron chi connectivity index (χ3n) is 4.08. The molecule has 5 nitrogen and oxygen atoms in total. The van der Waals surface area contributed by atoms with Crippen LogP contribution in [0.2, 0.25) is 0 Å². The number of ether oxygens (including phenoxy) is 1. The fourth-order valence-electron chi connectivity index (χ4n) is 2.81. The topological polar surface area (TPSA) is 85.4 Å². The number of benzene rings is 2. The Bertz CT molecular complexity index is 868. The molecule has 3 rings (SSSR count). The highest BCUT2D eigenvalue weighted by Gasteiger charge is 2.25. The minimum absolute atomic E-state index is 0.291. The smallest absolute Gasteiger partial charge is 0.233 e. The molecule has 0 aliphatic heterocycles. The molecule has 2 aromatic carbocycles. The van der Waals surface area contributed by atoms with E-state index in [1.165, 1.54) is 0 Å². The summed E-state index contributed by atoms with van der Waals surface area (Å²) in [6.45, 7) is 0.355. The number of nitrogens with two attached hydrogens (primary N) is 1. The van der Waals surface area contributed by atoms with E-state index in [9.17, 15) is 9.90 Å². The zero-order valence-corrected chi connectivity index (χ0v) is 14.1. The molecule has 1 radical (unpaired) electrons. The van der Waals surface area contributed by atoms with Crippen LogP contribution in [0.4, 0.5) is 0 Å². The number of aromatic nitrogens is 1. The van der Waals surface area contributed by atoms with Crippen molar-refractivity contribution in [3.63, 3.8) is 0 Å². The second kappa shape index (κ2) is 8.38. The zero-order valence-electron chi connectivity index (χ0n) is 14.1. The number of carbonyl (C=O) groups excluding carboxylic acids is 1. The van der Waals surface area contributed by atoms with Crippen molar-refractivity contribution in [1.29, 1.82) is 0 Å². The Labute approximate surface area is 152 Å². The summed E-state index contributed by atoms with van der Waals surface area (Å²) in [6, 6.07) is 19.9. The summed E-state index contributed by atoms with van der Waals surface area (Å²) in [5.41, 5.74) is 8.52. The third-order valence-corrected chi connectivity index (χ3v) is 4.08. The molecule has 0 aliphatic carbocycles. The lowest BCUT2D eigenvalue weighted by atomic mass is 9.90. The number of aliphatic hydroxyl groups excluding tert-OH is 1. The number of nitrogens with zero attached hydrogens (tertiary/aromatic N) is 1. The molecule has 3 N–H and O–H groups in total. The molecular weight excluding hydrogens is 328 g/mol. The molecule has 0 amide bonds. The van der Waals surface area contributed by atoms with Crippen LogP contribution >= 0.6 is 0 Å². The van der Waals surface area contributed by atoms with Gasteiger partial charge in [-0.1, -0.05) is 48.5 Å². The Balaban J connectivity index is 1.95. The van der Waals surface area contributed by atoms with Crippen LogP contribution in [0, 0.1) is 0 Å². The summed E-state index contributed by atoms with van der Waals surface area (Å²) in [5.74, 6) is -0.202.